The summed E-state index contributed by atoms with van der Waals surface area (Å²) in [5.74, 6) is -1.93. The van der Waals surface area contributed by atoms with Crippen LogP contribution in [0.15, 0.2) is 42.5 Å². The zero-order valence-electron chi connectivity index (χ0n) is 14.4. The monoisotopic (exact) mass is 396 g/mol. The maximum absolute atomic E-state index is 12.3. The molecule has 0 radical (unpaired) electrons. The van der Waals surface area contributed by atoms with Gasteiger partial charge in [0.15, 0.2) is 18.1 Å². The number of hydrogen-bond acceptors (Lipinski definition) is 7. The lowest BCUT2D eigenvalue weighted by atomic mass is 10.2. The van der Waals surface area contributed by atoms with Crippen LogP contribution < -0.4 is 14.8 Å². The number of amides is 1. The molecule has 0 fully saturated rings. The van der Waals surface area contributed by atoms with E-state index in [1.807, 2.05) is 0 Å². The average Bonchev–Trinajstić information content (AvgIpc) is 2.66. The molecule has 0 aliphatic heterocycles. The molecule has 0 saturated carbocycles. The first-order valence-electron chi connectivity index (χ1n) is 7.64. The van der Waals surface area contributed by atoms with E-state index in [4.69, 9.17) is 9.47 Å². The van der Waals surface area contributed by atoms with Crippen LogP contribution in [0.2, 0.25) is 0 Å². The first-order valence-corrected chi connectivity index (χ1v) is 7.64. The highest BCUT2D eigenvalue weighted by Gasteiger charge is 2.16. The molecule has 0 heterocycles. The summed E-state index contributed by atoms with van der Waals surface area (Å²) in [6, 6.07) is 8.48. The van der Waals surface area contributed by atoms with Crippen molar-refractivity contribution in [1.29, 1.82) is 0 Å². The molecule has 0 bridgehead atoms. The van der Waals surface area contributed by atoms with Gasteiger partial charge in [0, 0.05) is 17.8 Å². The van der Waals surface area contributed by atoms with Gasteiger partial charge < -0.3 is 19.5 Å². The number of methoxy groups -OCH3 is 1. The Kier molecular flexibility index (Phi) is 6.79. The molecule has 0 aliphatic rings. The van der Waals surface area contributed by atoms with E-state index in [-0.39, 0.29) is 28.4 Å². The molecule has 0 aromatic heterocycles. The first-order chi connectivity index (χ1) is 13.3. The fourth-order valence-electron chi connectivity index (χ4n) is 2.07. The Bertz CT molecular complexity index is 872. The number of carbonyl (C=O) groups excluding carboxylic acids is 2. The van der Waals surface area contributed by atoms with Gasteiger partial charge >= 0.3 is 12.6 Å². The normalized spacial score (nSPS) is 10.3. The number of hydrogen-bond donors (Lipinski definition) is 1. The van der Waals surface area contributed by atoms with E-state index in [1.54, 1.807) is 0 Å². The van der Waals surface area contributed by atoms with Crippen molar-refractivity contribution in [1.82, 2.24) is 0 Å². The van der Waals surface area contributed by atoms with Crippen LogP contribution in [0.1, 0.15) is 10.4 Å². The number of esters is 1. The van der Waals surface area contributed by atoms with Crippen LogP contribution in [-0.4, -0.2) is 37.1 Å². The minimum absolute atomic E-state index is 0.0402. The second kappa shape index (κ2) is 9.26. The van der Waals surface area contributed by atoms with Crippen molar-refractivity contribution in [3.8, 4) is 11.5 Å². The molecule has 1 N–H and O–H groups in total. The van der Waals surface area contributed by atoms with Crippen LogP contribution in [-0.2, 0) is 9.53 Å². The highest BCUT2D eigenvalue weighted by atomic mass is 19.3. The number of nitrogens with one attached hydrogen (secondary N) is 1. The molecule has 2 aromatic rings. The highest BCUT2D eigenvalue weighted by molar-refractivity contribution is 5.95. The van der Waals surface area contributed by atoms with Gasteiger partial charge in [0.1, 0.15) is 0 Å². The molecule has 1 amide bonds. The lowest BCUT2D eigenvalue weighted by Gasteiger charge is -2.11. The number of nitro benzene ring substituents is 1. The fraction of sp³-hybridized carbons (Fsp3) is 0.176. The second-order valence-electron chi connectivity index (χ2n) is 5.17. The Morgan fingerprint density at radius 2 is 1.82 bits per heavy atom. The lowest BCUT2D eigenvalue weighted by molar-refractivity contribution is -0.384. The predicted molar refractivity (Wildman–Crippen MR) is 91.6 cm³/mol. The molecule has 0 aliphatic carbocycles. The summed E-state index contributed by atoms with van der Waals surface area (Å²) in [6.07, 6.45) is 0. The molecule has 2 rings (SSSR count). The summed E-state index contributed by atoms with van der Waals surface area (Å²) < 4.78 is 38.6. The Hall–Kier alpha value is -3.76. The first kappa shape index (κ1) is 20.6. The molecule has 0 saturated heterocycles. The second-order valence-corrected chi connectivity index (χ2v) is 5.17. The molecule has 9 nitrogen and oxygen atoms in total. The van der Waals surface area contributed by atoms with Gasteiger partial charge in [-0.3, -0.25) is 14.9 Å². The van der Waals surface area contributed by atoms with Gasteiger partial charge in [-0.05, 0) is 30.3 Å². The Morgan fingerprint density at radius 1 is 1.14 bits per heavy atom. The van der Waals surface area contributed by atoms with Crippen LogP contribution in [0.5, 0.6) is 11.5 Å². The molecule has 2 aromatic carbocycles. The van der Waals surface area contributed by atoms with E-state index < -0.39 is 30.0 Å². The van der Waals surface area contributed by atoms with Gasteiger partial charge in [0.2, 0.25) is 0 Å². The maximum Gasteiger partial charge on any atom is 0.387 e. The van der Waals surface area contributed by atoms with Crippen molar-refractivity contribution in [2.24, 2.45) is 0 Å². The topological polar surface area (TPSA) is 117 Å². The number of alkyl halides is 2. The van der Waals surface area contributed by atoms with E-state index in [1.165, 1.54) is 37.4 Å². The van der Waals surface area contributed by atoms with Gasteiger partial charge in [-0.2, -0.15) is 8.78 Å². The summed E-state index contributed by atoms with van der Waals surface area (Å²) in [5, 5.41) is 13.0. The summed E-state index contributed by atoms with van der Waals surface area (Å²) in [7, 11) is 1.21. The molecule has 0 unspecified atom stereocenters. The Balaban J connectivity index is 1.93. The van der Waals surface area contributed by atoms with Gasteiger partial charge in [-0.15, -0.1) is 0 Å². The summed E-state index contributed by atoms with van der Waals surface area (Å²) in [6.45, 7) is -3.69. The van der Waals surface area contributed by atoms with E-state index in [0.29, 0.717) is 0 Å². The fourth-order valence-corrected chi connectivity index (χ4v) is 2.07. The number of anilines is 1. The van der Waals surface area contributed by atoms with Gasteiger partial charge in [0.25, 0.3) is 11.6 Å². The average molecular weight is 396 g/mol. The van der Waals surface area contributed by atoms with E-state index in [0.717, 1.165) is 12.1 Å². The van der Waals surface area contributed by atoms with Crippen molar-refractivity contribution in [3.05, 3.63) is 58.1 Å². The van der Waals surface area contributed by atoms with Crippen molar-refractivity contribution >= 4 is 23.3 Å². The Labute approximate surface area is 157 Å². The minimum Gasteiger partial charge on any atom is -0.493 e. The number of nitro groups is 1. The SMILES string of the molecule is COc1cc(C(=O)OCC(=O)Nc2ccc([N+](=O)[O-])cc2)ccc1OC(F)F. The van der Waals surface area contributed by atoms with Crippen molar-refractivity contribution < 1.29 is 37.5 Å². The van der Waals surface area contributed by atoms with Crippen LogP contribution in [0.25, 0.3) is 0 Å². The van der Waals surface area contributed by atoms with Gasteiger partial charge in [-0.25, -0.2) is 4.79 Å². The molecular weight excluding hydrogens is 382 g/mol. The van der Waals surface area contributed by atoms with Crippen LogP contribution in [0, 0.1) is 10.1 Å². The highest BCUT2D eigenvalue weighted by Crippen LogP contribution is 2.29. The third-order valence-electron chi connectivity index (χ3n) is 3.31. The van der Waals surface area contributed by atoms with Crippen LogP contribution in [0.3, 0.4) is 0 Å². The summed E-state index contributed by atoms with van der Waals surface area (Å²) >= 11 is 0. The van der Waals surface area contributed by atoms with Gasteiger partial charge in [-0.1, -0.05) is 0 Å². The summed E-state index contributed by atoms with van der Waals surface area (Å²) in [5.41, 5.74) is 0.0982. The molecule has 0 spiro atoms. The maximum atomic E-state index is 12.3. The van der Waals surface area contributed by atoms with E-state index in [9.17, 15) is 28.5 Å². The summed E-state index contributed by atoms with van der Waals surface area (Å²) in [4.78, 5) is 33.8. The molecular formula is C17H14F2N2O7. The number of halogens is 2. The minimum atomic E-state index is -3.06. The molecule has 11 heteroatoms. The lowest BCUT2D eigenvalue weighted by Crippen LogP contribution is -2.21. The third-order valence-corrected chi connectivity index (χ3v) is 3.31. The zero-order chi connectivity index (χ0) is 20.7. The van der Waals surface area contributed by atoms with Crippen molar-refractivity contribution in [2.75, 3.05) is 19.0 Å². The zero-order valence-corrected chi connectivity index (χ0v) is 14.4. The largest absolute Gasteiger partial charge is 0.493 e. The number of ether oxygens (including phenoxy) is 3. The molecule has 0 atom stereocenters. The van der Waals surface area contributed by atoms with Crippen LogP contribution in [0.4, 0.5) is 20.2 Å². The number of rotatable bonds is 8. The molecule has 148 valence electrons. The van der Waals surface area contributed by atoms with E-state index in [2.05, 4.69) is 10.1 Å². The van der Waals surface area contributed by atoms with Crippen molar-refractivity contribution in [3.63, 3.8) is 0 Å². The van der Waals surface area contributed by atoms with E-state index >= 15 is 0 Å². The number of benzene rings is 2. The quantitative estimate of drug-likeness (QED) is 0.414. The molecule has 28 heavy (non-hydrogen) atoms. The standard InChI is InChI=1S/C17H14F2N2O7/c1-26-14-8-10(2-7-13(14)28-17(18)19)16(23)27-9-15(22)20-11-3-5-12(6-4-11)21(24)25/h2-8,17H,9H2,1H3,(H,20,22). The smallest absolute Gasteiger partial charge is 0.387 e. The van der Waals surface area contributed by atoms with Crippen molar-refractivity contribution in [2.45, 2.75) is 6.61 Å². The number of nitrogens with zero attached hydrogens (tertiary/aromatic N) is 1. The van der Waals surface area contributed by atoms with Gasteiger partial charge in [0.05, 0.1) is 17.6 Å². The number of carbonyl (C=O) groups is 2. The predicted octanol–water partition coefficient (Wildman–Crippen LogP) is 3.00. The number of non-ortho nitro benzene ring substituents is 1. The Morgan fingerprint density at radius 3 is 2.39 bits per heavy atom. The third kappa shape index (κ3) is 5.62. The van der Waals surface area contributed by atoms with Crippen LogP contribution >= 0.6 is 0 Å².